The molecule has 0 amide bonds. The highest BCUT2D eigenvalue weighted by Crippen LogP contribution is 2.36. The second-order valence-corrected chi connectivity index (χ2v) is 5.92. The van der Waals surface area contributed by atoms with Gasteiger partial charge in [0.2, 0.25) is 0 Å². The maximum absolute atomic E-state index is 13.7. The topological polar surface area (TPSA) is 26.0 Å². The van der Waals surface area contributed by atoms with Crippen molar-refractivity contribution in [2.24, 2.45) is 5.73 Å². The summed E-state index contributed by atoms with van der Waals surface area (Å²) in [5.74, 6) is -0.149. The highest BCUT2D eigenvalue weighted by atomic mass is 32.2. The van der Waals surface area contributed by atoms with E-state index in [1.54, 1.807) is 17.8 Å². The third-order valence-electron chi connectivity index (χ3n) is 2.49. The molecule has 2 N–H and O–H groups in total. The molecule has 1 aromatic carbocycles. The first kappa shape index (κ1) is 13.5. The largest absolute Gasteiger partial charge is 0.326 e. The number of halogens is 1. The van der Waals surface area contributed by atoms with Crippen LogP contribution >= 0.6 is 11.8 Å². The van der Waals surface area contributed by atoms with Gasteiger partial charge in [-0.3, -0.25) is 0 Å². The van der Waals surface area contributed by atoms with Crippen LogP contribution in [-0.4, -0.2) is 11.3 Å². The first-order chi connectivity index (χ1) is 7.56. The van der Waals surface area contributed by atoms with Crippen LogP contribution in [0, 0.1) is 5.82 Å². The molecule has 1 nitrogen and oxygen atoms in total. The summed E-state index contributed by atoms with van der Waals surface area (Å²) in [6, 6.07) is 6.93. The number of rotatable bonds is 5. The molecule has 0 aliphatic carbocycles. The minimum absolute atomic E-state index is 0.00398. The fourth-order valence-corrected chi connectivity index (χ4v) is 2.94. The Balaban J connectivity index is 2.96. The van der Waals surface area contributed by atoms with E-state index in [4.69, 9.17) is 5.73 Å². The summed E-state index contributed by atoms with van der Waals surface area (Å²) in [5.41, 5.74) is 6.81. The SMILES string of the molecule is CCC(N)C(SC(C)C)c1ccccc1F. The second kappa shape index (κ2) is 6.26. The number of thioether (sulfide) groups is 1. The van der Waals surface area contributed by atoms with Crippen molar-refractivity contribution in [3.05, 3.63) is 35.6 Å². The maximum Gasteiger partial charge on any atom is 0.127 e. The summed E-state index contributed by atoms with van der Waals surface area (Å²) in [5, 5.41) is 0.494. The normalized spacial score (nSPS) is 15.1. The molecule has 1 aromatic rings. The van der Waals surface area contributed by atoms with E-state index in [2.05, 4.69) is 13.8 Å². The van der Waals surface area contributed by atoms with E-state index >= 15 is 0 Å². The molecule has 0 saturated heterocycles. The van der Waals surface area contributed by atoms with Gasteiger partial charge in [-0.15, -0.1) is 11.8 Å². The molecule has 16 heavy (non-hydrogen) atoms. The van der Waals surface area contributed by atoms with Gasteiger partial charge in [0, 0.05) is 16.9 Å². The monoisotopic (exact) mass is 241 g/mol. The minimum atomic E-state index is -0.149. The molecule has 90 valence electrons. The van der Waals surface area contributed by atoms with Gasteiger partial charge in [-0.25, -0.2) is 4.39 Å². The predicted molar refractivity (Wildman–Crippen MR) is 70.1 cm³/mol. The highest BCUT2D eigenvalue weighted by molar-refractivity contribution is 8.00. The van der Waals surface area contributed by atoms with E-state index in [0.717, 1.165) is 12.0 Å². The number of benzene rings is 1. The van der Waals surface area contributed by atoms with Crippen LogP contribution in [0.1, 0.15) is 38.0 Å². The van der Waals surface area contributed by atoms with E-state index in [1.807, 2.05) is 19.1 Å². The summed E-state index contributed by atoms with van der Waals surface area (Å²) in [4.78, 5) is 0. The zero-order valence-corrected chi connectivity index (χ0v) is 10.9. The van der Waals surface area contributed by atoms with Gasteiger partial charge in [0.1, 0.15) is 5.82 Å². The lowest BCUT2D eigenvalue weighted by atomic mass is 10.0. The van der Waals surface area contributed by atoms with E-state index in [1.165, 1.54) is 6.07 Å². The molecule has 0 aliphatic heterocycles. The second-order valence-electron chi connectivity index (χ2n) is 4.20. The lowest BCUT2D eigenvalue weighted by Crippen LogP contribution is -2.27. The van der Waals surface area contributed by atoms with E-state index in [0.29, 0.717) is 5.25 Å². The Kier molecular flexibility index (Phi) is 5.29. The standard InChI is InChI=1S/C13H20FNS/c1-4-12(15)13(16-9(2)3)10-7-5-6-8-11(10)14/h5-9,12-13H,4,15H2,1-3H3. The van der Waals surface area contributed by atoms with Gasteiger partial charge < -0.3 is 5.73 Å². The van der Waals surface area contributed by atoms with Gasteiger partial charge >= 0.3 is 0 Å². The quantitative estimate of drug-likeness (QED) is 0.849. The van der Waals surface area contributed by atoms with Gasteiger partial charge in [-0.05, 0) is 17.7 Å². The zero-order valence-electron chi connectivity index (χ0n) is 10.1. The fraction of sp³-hybridized carbons (Fsp3) is 0.538. The molecule has 0 radical (unpaired) electrons. The van der Waals surface area contributed by atoms with Crippen LogP contribution in [0.15, 0.2) is 24.3 Å². The van der Waals surface area contributed by atoms with Crippen LogP contribution in [-0.2, 0) is 0 Å². The fourth-order valence-electron chi connectivity index (χ4n) is 1.62. The van der Waals surface area contributed by atoms with Crippen LogP contribution in [0.5, 0.6) is 0 Å². The summed E-state index contributed by atoms with van der Waals surface area (Å²) in [6.45, 7) is 6.27. The lowest BCUT2D eigenvalue weighted by Gasteiger charge is -2.25. The van der Waals surface area contributed by atoms with Crippen LogP contribution in [0.2, 0.25) is 0 Å². The Morgan fingerprint density at radius 3 is 2.44 bits per heavy atom. The smallest absolute Gasteiger partial charge is 0.127 e. The van der Waals surface area contributed by atoms with E-state index < -0.39 is 0 Å². The molecular formula is C13H20FNS. The molecule has 2 atom stereocenters. The lowest BCUT2D eigenvalue weighted by molar-refractivity contribution is 0.572. The third-order valence-corrected chi connectivity index (χ3v) is 3.93. The molecule has 0 saturated carbocycles. The van der Waals surface area contributed by atoms with Gasteiger partial charge in [0.15, 0.2) is 0 Å². The van der Waals surface area contributed by atoms with Crippen LogP contribution in [0.4, 0.5) is 4.39 Å². The Morgan fingerprint density at radius 2 is 1.94 bits per heavy atom. The van der Waals surface area contributed by atoms with Crippen molar-refractivity contribution < 1.29 is 4.39 Å². The van der Waals surface area contributed by atoms with Crippen molar-refractivity contribution in [3.8, 4) is 0 Å². The van der Waals surface area contributed by atoms with E-state index in [9.17, 15) is 4.39 Å². The molecule has 2 unspecified atom stereocenters. The average Bonchev–Trinajstić information content (AvgIpc) is 2.26. The molecule has 1 rings (SSSR count). The summed E-state index contributed by atoms with van der Waals surface area (Å²) >= 11 is 1.73. The Labute approximate surface area is 102 Å². The first-order valence-corrected chi connectivity index (χ1v) is 6.66. The van der Waals surface area contributed by atoms with Gasteiger partial charge in [0.25, 0.3) is 0 Å². The number of nitrogens with two attached hydrogens (primary N) is 1. The average molecular weight is 241 g/mol. The predicted octanol–water partition coefficient (Wildman–Crippen LogP) is 3.75. The Bertz CT molecular complexity index is 327. The van der Waals surface area contributed by atoms with Crippen molar-refractivity contribution in [1.82, 2.24) is 0 Å². The summed E-state index contributed by atoms with van der Waals surface area (Å²) < 4.78 is 13.7. The highest BCUT2D eigenvalue weighted by Gasteiger charge is 2.22. The zero-order chi connectivity index (χ0) is 12.1. The van der Waals surface area contributed by atoms with Crippen molar-refractivity contribution in [2.75, 3.05) is 0 Å². The molecule has 0 aliphatic rings. The van der Waals surface area contributed by atoms with Gasteiger partial charge in [0.05, 0.1) is 0 Å². The van der Waals surface area contributed by atoms with Crippen molar-refractivity contribution in [2.45, 2.75) is 43.7 Å². The van der Waals surface area contributed by atoms with Crippen LogP contribution < -0.4 is 5.73 Å². The van der Waals surface area contributed by atoms with Crippen LogP contribution in [0.3, 0.4) is 0 Å². The molecule has 0 aromatic heterocycles. The summed E-state index contributed by atoms with van der Waals surface area (Å²) in [6.07, 6.45) is 0.860. The maximum atomic E-state index is 13.7. The Hall–Kier alpha value is -0.540. The first-order valence-electron chi connectivity index (χ1n) is 5.71. The number of hydrogen-bond acceptors (Lipinski definition) is 2. The molecule has 0 spiro atoms. The molecule has 0 fully saturated rings. The third kappa shape index (κ3) is 3.49. The summed E-state index contributed by atoms with van der Waals surface area (Å²) in [7, 11) is 0. The van der Waals surface area contributed by atoms with Gasteiger partial charge in [-0.1, -0.05) is 39.0 Å². The van der Waals surface area contributed by atoms with Crippen LogP contribution in [0.25, 0.3) is 0 Å². The Morgan fingerprint density at radius 1 is 1.31 bits per heavy atom. The van der Waals surface area contributed by atoms with E-state index in [-0.39, 0.29) is 17.1 Å². The molecule has 3 heteroatoms. The molecule has 0 bridgehead atoms. The molecule has 0 heterocycles. The van der Waals surface area contributed by atoms with Gasteiger partial charge in [-0.2, -0.15) is 0 Å². The number of hydrogen-bond donors (Lipinski definition) is 1. The molecular weight excluding hydrogens is 221 g/mol. The minimum Gasteiger partial charge on any atom is -0.326 e. The van der Waals surface area contributed by atoms with Crippen molar-refractivity contribution >= 4 is 11.8 Å². The van der Waals surface area contributed by atoms with Crippen molar-refractivity contribution in [3.63, 3.8) is 0 Å². The van der Waals surface area contributed by atoms with Crippen molar-refractivity contribution in [1.29, 1.82) is 0 Å².